The van der Waals surface area contributed by atoms with E-state index in [1.165, 1.54) is 0 Å². The van der Waals surface area contributed by atoms with Gasteiger partial charge in [-0.25, -0.2) is 0 Å². The smallest absolute Gasteiger partial charge is 0.169 e. The lowest BCUT2D eigenvalue weighted by Crippen LogP contribution is -2.43. The van der Waals surface area contributed by atoms with Crippen LogP contribution >= 0.6 is 0 Å². The van der Waals surface area contributed by atoms with Crippen LogP contribution in [0, 0.1) is 11.8 Å². The van der Waals surface area contributed by atoms with Gasteiger partial charge in [0.1, 0.15) is 0 Å². The van der Waals surface area contributed by atoms with Crippen molar-refractivity contribution in [2.45, 2.75) is 26.6 Å². The molecule has 3 nitrogen and oxygen atoms in total. The molecule has 0 saturated carbocycles. The Morgan fingerprint density at radius 3 is 2.17 bits per heavy atom. The maximum atomic E-state index is 5.68. The first-order valence-electron chi connectivity index (χ1n) is 4.58. The fraction of sp³-hybridized carbons (Fsp3) is 1.00. The molecule has 1 heterocycles. The number of nitrogens with two attached hydrogens (primary N) is 1. The van der Waals surface area contributed by atoms with Gasteiger partial charge in [0, 0.05) is 12.5 Å². The molecule has 1 atom stereocenters. The van der Waals surface area contributed by atoms with Gasteiger partial charge in [-0.1, -0.05) is 13.8 Å². The van der Waals surface area contributed by atoms with Crippen LogP contribution in [0.5, 0.6) is 0 Å². The van der Waals surface area contributed by atoms with E-state index in [1.807, 2.05) is 6.92 Å². The summed E-state index contributed by atoms with van der Waals surface area (Å²) in [4.78, 5) is 0. The molecule has 0 radical (unpaired) electrons. The molecule has 0 aromatic heterocycles. The molecule has 1 aliphatic rings. The first kappa shape index (κ1) is 9.96. The van der Waals surface area contributed by atoms with Gasteiger partial charge >= 0.3 is 0 Å². The SMILES string of the molecule is CC(C)C(CN)C1(C)OCCO1. The lowest BCUT2D eigenvalue weighted by molar-refractivity contribution is -0.188. The molecule has 0 amide bonds. The van der Waals surface area contributed by atoms with E-state index in [1.54, 1.807) is 0 Å². The summed E-state index contributed by atoms with van der Waals surface area (Å²) in [5.41, 5.74) is 5.68. The predicted octanol–water partition coefficient (Wildman–Crippen LogP) is 0.980. The average Bonchev–Trinajstić information content (AvgIpc) is 2.37. The molecular formula is C9H19NO2. The van der Waals surface area contributed by atoms with Gasteiger partial charge in [0.2, 0.25) is 0 Å². The molecule has 1 saturated heterocycles. The summed E-state index contributed by atoms with van der Waals surface area (Å²) in [6.07, 6.45) is 0. The van der Waals surface area contributed by atoms with Crippen molar-refractivity contribution >= 4 is 0 Å². The highest BCUT2D eigenvalue weighted by Gasteiger charge is 2.40. The van der Waals surface area contributed by atoms with Gasteiger partial charge in [-0.05, 0) is 12.8 Å². The standard InChI is InChI=1S/C9H19NO2/c1-7(2)8(6-10)9(3)11-4-5-12-9/h7-8H,4-6,10H2,1-3H3. The van der Waals surface area contributed by atoms with Gasteiger partial charge in [0.25, 0.3) is 0 Å². The lowest BCUT2D eigenvalue weighted by Gasteiger charge is -2.33. The van der Waals surface area contributed by atoms with Crippen LogP contribution in [0.25, 0.3) is 0 Å². The normalized spacial score (nSPS) is 24.8. The van der Waals surface area contributed by atoms with Crippen LogP contribution in [-0.2, 0) is 9.47 Å². The van der Waals surface area contributed by atoms with Gasteiger partial charge in [0.15, 0.2) is 5.79 Å². The minimum Gasteiger partial charge on any atom is -0.347 e. The number of rotatable bonds is 3. The monoisotopic (exact) mass is 173 g/mol. The van der Waals surface area contributed by atoms with Gasteiger partial charge in [0.05, 0.1) is 13.2 Å². The van der Waals surface area contributed by atoms with Gasteiger partial charge in [-0.15, -0.1) is 0 Å². The second-order valence-electron chi connectivity index (χ2n) is 3.80. The molecule has 0 aromatic carbocycles. The van der Waals surface area contributed by atoms with E-state index in [0.29, 0.717) is 31.6 Å². The van der Waals surface area contributed by atoms with Crippen molar-refractivity contribution in [3.05, 3.63) is 0 Å². The van der Waals surface area contributed by atoms with Crippen LogP contribution < -0.4 is 5.73 Å². The Hall–Kier alpha value is -0.120. The summed E-state index contributed by atoms with van der Waals surface area (Å²) < 4.78 is 11.1. The van der Waals surface area contributed by atoms with Crippen LogP contribution in [0.4, 0.5) is 0 Å². The zero-order chi connectivity index (χ0) is 9.19. The fourth-order valence-corrected chi connectivity index (χ4v) is 1.84. The Balaban J connectivity index is 2.62. The second-order valence-corrected chi connectivity index (χ2v) is 3.80. The van der Waals surface area contributed by atoms with Gasteiger partial charge < -0.3 is 15.2 Å². The number of hydrogen-bond donors (Lipinski definition) is 1. The highest BCUT2D eigenvalue weighted by Crippen LogP contribution is 2.31. The molecule has 1 aliphatic heterocycles. The van der Waals surface area contributed by atoms with Crippen molar-refractivity contribution in [1.82, 2.24) is 0 Å². The first-order chi connectivity index (χ1) is 5.60. The molecule has 72 valence electrons. The summed E-state index contributed by atoms with van der Waals surface area (Å²) in [6, 6.07) is 0. The van der Waals surface area contributed by atoms with Crippen LogP contribution in [0.1, 0.15) is 20.8 Å². The molecule has 12 heavy (non-hydrogen) atoms. The molecular weight excluding hydrogens is 154 g/mol. The Morgan fingerprint density at radius 2 is 1.83 bits per heavy atom. The molecule has 1 unspecified atom stereocenters. The van der Waals surface area contributed by atoms with E-state index < -0.39 is 5.79 Å². The summed E-state index contributed by atoms with van der Waals surface area (Å²) in [5, 5.41) is 0. The summed E-state index contributed by atoms with van der Waals surface area (Å²) in [6.45, 7) is 8.28. The summed E-state index contributed by atoms with van der Waals surface area (Å²) in [7, 11) is 0. The molecule has 0 aliphatic carbocycles. The molecule has 0 aromatic rings. The van der Waals surface area contributed by atoms with Gasteiger partial charge in [-0.2, -0.15) is 0 Å². The number of hydrogen-bond acceptors (Lipinski definition) is 3. The zero-order valence-electron chi connectivity index (χ0n) is 8.17. The van der Waals surface area contributed by atoms with Crippen molar-refractivity contribution in [3.63, 3.8) is 0 Å². The molecule has 1 rings (SSSR count). The minimum absolute atomic E-state index is 0.292. The molecule has 0 bridgehead atoms. The van der Waals surface area contributed by atoms with E-state index >= 15 is 0 Å². The third kappa shape index (κ3) is 1.79. The van der Waals surface area contributed by atoms with Gasteiger partial charge in [-0.3, -0.25) is 0 Å². The fourth-order valence-electron chi connectivity index (χ4n) is 1.84. The van der Waals surface area contributed by atoms with E-state index in [-0.39, 0.29) is 0 Å². The minimum atomic E-state index is -0.442. The summed E-state index contributed by atoms with van der Waals surface area (Å²) in [5.74, 6) is 0.348. The van der Waals surface area contributed by atoms with E-state index in [4.69, 9.17) is 15.2 Å². The summed E-state index contributed by atoms with van der Waals surface area (Å²) >= 11 is 0. The third-order valence-corrected chi connectivity index (χ3v) is 2.59. The van der Waals surface area contributed by atoms with Crippen molar-refractivity contribution in [2.75, 3.05) is 19.8 Å². The highest BCUT2D eigenvalue weighted by molar-refractivity contribution is 4.81. The Bertz CT molecular complexity index is 141. The maximum Gasteiger partial charge on any atom is 0.169 e. The van der Waals surface area contributed by atoms with Crippen LogP contribution in [0.2, 0.25) is 0 Å². The molecule has 0 spiro atoms. The van der Waals surface area contributed by atoms with Crippen LogP contribution in [0.15, 0.2) is 0 Å². The predicted molar refractivity (Wildman–Crippen MR) is 47.7 cm³/mol. The van der Waals surface area contributed by atoms with E-state index in [9.17, 15) is 0 Å². The van der Waals surface area contributed by atoms with Crippen LogP contribution in [0.3, 0.4) is 0 Å². The topological polar surface area (TPSA) is 44.5 Å². The Labute approximate surface area is 74.2 Å². The van der Waals surface area contributed by atoms with Crippen LogP contribution in [-0.4, -0.2) is 25.5 Å². The zero-order valence-corrected chi connectivity index (χ0v) is 8.17. The lowest BCUT2D eigenvalue weighted by atomic mass is 9.88. The molecule has 3 heteroatoms. The second kappa shape index (κ2) is 3.73. The maximum absolute atomic E-state index is 5.68. The third-order valence-electron chi connectivity index (χ3n) is 2.59. The largest absolute Gasteiger partial charge is 0.347 e. The average molecular weight is 173 g/mol. The van der Waals surface area contributed by atoms with E-state index in [0.717, 1.165) is 0 Å². The van der Waals surface area contributed by atoms with Crippen molar-refractivity contribution in [2.24, 2.45) is 17.6 Å². The quantitative estimate of drug-likeness (QED) is 0.692. The van der Waals surface area contributed by atoms with E-state index in [2.05, 4.69) is 13.8 Å². The first-order valence-corrected chi connectivity index (χ1v) is 4.58. The van der Waals surface area contributed by atoms with Crippen molar-refractivity contribution in [3.8, 4) is 0 Å². The highest BCUT2D eigenvalue weighted by atomic mass is 16.7. The molecule has 1 fully saturated rings. The molecule has 2 N–H and O–H groups in total. The van der Waals surface area contributed by atoms with Crippen molar-refractivity contribution < 1.29 is 9.47 Å². The Kier molecular flexibility index (Phi) is 3.09. The van der Waals surface area contributed by atoms with Crippen molar-refractivity contribution in [1.29, 1.82) is 0 Å². The number of ether oxygens (including phenoxy) is 2. The Morgan fingerprint density at radius 1 is 1.33 bits per heavy atom.